The normalized spacial score (nSPS) is 23.0. The molecule has 1 fully saturated rings. The number of alkyl halides is 3. The number of aliphatic hydroxyl groups excluding tert-OH is 1. The lowest BCUT2D eigenvalue weighted by Crippen LogP contribution is -2.30. The number of hydrogen-bond donors (Lipinski definition) is 2. The maximum atomic E-state index is 12.4. The summed E-state index contributed by atoms with van der Waals surface area (Å²) in [6, 6.07) is 0.932. The molecule has 2 heterocycles. The topological polar surface area (TPSA) is 65.7 Å². The van der Waals surface area contributed by atoms with E-state index in [1.54, 1.807) is 0 Å². The van der Waals surface area contributed by atoms with Gasteiger partial charge in [0.05, 0.1) is 11.7 Å². The highest BCUT2D eigenvalue weighted by molar-refractivity contribution is 5.76. The smallest absolute Gasteiger partial charge is 0.419 e. The van der Waals surface area contributed by atoms with Crippen LogP contribution in [0.5, 0.6) is 0 Å². The first-order valence-corrected chi connectivity index (χ1v) is 7.03. The Morgan fingerprint density at radius 2 is 2.23 bits per heavy atom. The van der Waals surface area contributed by atoms with Crippen LogP contribution in [0.15, 0.2) is 16.7 Å². The molecule has 1 aliphatic rings. The lowest BCUT2D eigenvalue weighted by Gasteiger charge is -2.12. The van der Waals surface area contributed by atoms with Crippen LogP contribution in [0.25, 0.3) is 0 Å². The number of carbonyl (C=O) groups excluding carboxylic acids is 1. The van der Waals surface area contributed by atoms with Gasteiger partial charge in [-0.15, -0.1) is 0 Å². The molecule has 0 spiro atoms. The van der Waals surface area contributed by atoms with E-state index in [0.29, 0.717) is 19.4 Å². The molecule has 0 radical (unpaired) electrons. The van der Waals surface area contributed by atoms with Gasteiger partial charge in [0, 0.05) is 38.4 Å². The molecule has 124 valence electrons. The molecule has 1 saturated heterocycles. The first-order valence-electron chi connectivity index (χ1n) is 7.03. The number of furan rings is 1. The largest absolute Gasteiger partial charge is 0.469 e. The third-order valence-corrected chi connectivity index (χ3v) is 3.71. The van der Waals surface area contributed by atoms with E-state index in [9.17, 15) is 23.1 Å². The fourth-order valence-corrected chi connectivity index (χ4v) is 2.56. The number of rotatable bonds is 5. The third-order valence-electron chi connectivity index (χ3n) is 3.71. The predicted octanol–water partition coefficient (Wildman–Crippen LogP) is 1.27. The minimum atomic E-state index is -4.42. The molecule has 8 heteroatoms. The molecular weight excluding hydrogens is 301 g/mol. The van der Waals surface area contributed by atoms with E-state index in [2.05, 4.69) is 5.32 Å². The summed E-state index contributed by atoms with van der Waals surface area (Å²) < 4.78 is 42.0. The highest BCUT2D eigenvalue weighted by atomic mass is 19.4. The molecule has 2 atom stereocenters. The maximum Gasteiger partial charge on any atom is 0.419 e. The molecular formula is C14H19F3N2O3. The highest BCUT2D eigenvalue weighted by Gasteiger charge is 2.33. The third kappa shape index (κ3) is 4.48. The molecule has 2 N–H and O–H groups in total. The van der Waals surface area contributed by atoms with Crippen LogP contribution in [-0.4, -0.2) is 48.7 Å². The summed E-state index contributed by atoms with van der Waals surface area (Å²) in [6.07, 6.45) is -3.88. The van der Waals surface area contributed by atoms with Gasteiger partial charge in [-0.25, -0.2) is 0 Å². The molecule has 0 aliphatic carbocycles. The van der Waals surface area contributed by atoms with Crippen molar-refractivity contribution >= 4 is 5.91 Å². The number of nitrogens with one attached hydrogen (secondary N) is 1. The Morgan fingerprint density at radius 1 is 1.50 bits per heavy atom. The zero-order chi connectivity index (χ0) is 16.3. The summed E-state index contributed by atoms with van der Waals surface area (Å²) in [4.78, 5) is 13.7. The summed E-state index contributed by atoms with van der Waals surface area (Å²) in [7, 11) is 1.87. The van der Waals surface area contributed by atoms with Crippen molar-refractivity contribution in [3.05, 3.63) is 23.7 Å². The number of likely N-dealkylation sites (N-methyl/N-ethyl adjacent to an activating group) is 1. The van der Waals surface area contributed by atoms with Gasteiger partial charge >= 0.3 is 6.18 Å². The van der Waals surface area contributed by atoms with Gasteiger partial charge in [-0.3, -0.25) is 4.79 Å². The molecule has 1 aromatic heterocycles. The van der Waals surface area contributed by atoms with Crippen molar-refractivity contribution in [2.75, 3.05) is 26.7 Å². The number of hydrogen-bond acceptors (Lipinski definition) is 4. The summed E-state index contributed by atoms with van der Waals surface area (Å²) in [5.41, 5.74) is -0.828. The number of nitrogens with zero attached hydrogens (tertiary/aromatic N) is 1. The molecule has 2 rings (SSSR count). The number of carbonyl (C=O) groups is 1. The van der Waals surface area contributed by atoms with Crippen LogP contribution >= 0.6 is 0 Å². The summed E-state index contributed by atoms with van der Waals surface area (Å²) in [5.74, 6) is -0.152. The Balaban J connectivity index is 1.72. The Kier molecular flexibility index (Phi) is 5.12. The predicted molar refractivity (Wildman–Crippen MR) is 72.0 cm³/mol. The zero-order valence-electron chi connectivity index (χ0n) is 12.2. The summed E-state index contributed by atoms with van der Waals surface area (Å²) >= 11 is 0. The number of amides is 1. The van der Waals surface area contributed by atoms with E-state index >= 15 is 0 Å². The van der Waals surface area contributed by atoms with Gasteiger partial charge in [-0.05, 0) is 13.1 Å². The zero-order valence-corrected chi connectivity index (χ0v) is 12.2. The molecule has 0 aromatic carbocycles. The van der Waals surface area contributed by atoms with E-state index in [1.807, 2.05) is 11.9 Å². The van der Waals surface area contributed by atoms with Crippen LogP contribution in [-0.2, 0) is 17.4 Å². The van der Waals surface area contributed by atoms with Gasteiger partial charge in [0.15, 0.2) is 0 Å². The van der Waals surface area contributed by atoms with Gasteiger partial charge < -0.3 is 19.7 Å². The van der Waals surface area contributed by atoms with Crippen LogP contribution in [0.3, 0.4) is 0 Å². The van der Waals surface area contributed by atoms with E-state index in [0.717, 1.165) is 6.07 Å². The molecule has 0 saturated carbocycles. The van der Waals surface area contributed by atoms with Crippen molar-refractivity contribution in [2.24, 2.45) is 5.92 Å². The average Bonchev–Trinajstić information content (AvgIpc) is 2.97. The maximum absolute atomic E-state index is 12.4. The minimum Gasteiger partial charge on any atom is -0.469 e. The summed E-state index contributed by atoms with van der Waals surface area (Å²) in [5, 5.41) is 12.4. The van der Waals surface area contributed by atoms with Gasteiger partial charge in [-0.2, -0.15) is 13.2 Å². The average molecular weight is 320 g/mol. The van der Waals surface area contributed by atoms with Crippen molar-refractivity contribution < 1.29 is 27.5 Å². The Labute approximate surface area is 126 Å². The van der Waals surface area contributed by atoms with Crippen LogP contribution in [0.1, 0.15) is 17.7 Å². The molecule has 1 aliphatic heterocycles. The number of halogens is 3. The minimum absolute atomic E-state index is 0.106. The van der Waals surface area contributed by atoms with Crippen molar-refractivity contribution in [1.82, 2.24) is 10.2 Å². The fraction of sp³-hybridized carbons (Fsp3) is 0.643. The van der Waals surface area contributed by atoms with Crippen LogP contribution in [0, 0.1) is 5.92 Å². The molecule has 5 nitrogen and oxygen atoms in total. The van der Waals surface area contributed by atoms with Crippen molar-refractivity contribution in [1.29, 1.82) is 0 Å². The Hall–Kier alpha value is -1.54. The number of likely N-dealkylation sites (tertiary alicyclic amines) is 1. The molecule has 1 aromatic rings. The number of aliphatic hydroxyl groups is 1. The van der Waals surface area contributed by atoms with E-state index < -0.39 is 17.8 Å². The van der Waals surface area contributed by atoms with Crippen LogP contribution in [0.2, 0.25) is 0 Å². The van der Waals surface area contributed by atoms with Crippen molar-refractivity contribution in [3.8, 4) is 0 Å². The lowest BCUT2D eigenvalue weighted by molar-refractivity contribution is -0.138. The standard InChI is InChI=1S/C14H19F3N2O3/c1-19-6-9(12(20)7-19)4-13(21)18-3-2-11-5-10(8-22-11)14(15,16)17/h5,8-9,12,20H,2-4,6-7H2,1H3,(H,18,21)/t9-,12-/m1/s1. The van der Waals surface area contributed by atoms with Crippen molar-refractivity contribution in [2.45, 2.75) is 25.1 Å². The second kappa shape index (κ2) is 6.70. The second-order valence-electron chi connectivity index (χ2n) is 5.65. The molecule has 22 heavy (non-hydrogen) atoms. The quantitative estimate of drug-likeness (QED) is 0.857. The van der Waals surface area contributed by atoms with Gasteiger partial charge in [0.2, 0.25) is 5.91 Å². The van der Waals surface area contributed by atoms with Gasteiger partial charge in [0.1, 0.15) is 12.0 Å². The first-order chi connectivity index (χ1) is 10.3. The van der Waals surface area contributed by atoms with Gasteiger partial charge in [0.25, 0.3) is 0 Å². The van der Waals surface area contributed by atoms with E-state index in [1.165, 1.54) is 0 Å². The molecule has 0 unspecified atom stereocenters. The Morgan fingerprint density at radius 3 is 2.77 bits per heavy atom. The second-order valence-corrected chi connectivity index (χ2v) is 5.65. The summed E-state index contributed by atoms with van der Waals surface area (Å²) in [6.45, 7) is 1.40. The highest BCUT2D eigenvalue weighted by Crippen LogP contribution is 2.30. The van der Waals surface area contributed by atoms with Crippen LogP contribution < -0.4 is 5.32 Å². The first kappa shape index (κ1) is 16.8. The SMILES string of the molecule is CN1C[C@@H](CC(=O)NCCc2cc(C(F)(F)F)co2)[C@H](O)C1. The number of β-amino-alcohol motifs (C(OH)–C–C–N with tert-alkyl or cyclic N) is 1. The monoisotopic (exact) mass is 320 g/mol. The molecule has 0 bridgehead atoms. The fourth-order valence-electron chi connectivity index (χ4n) is 2.56. The van der Waals surface area contributed by atoms with E-state index in [4.69, 9.17) is 4.42 Å². The lowest BCUT2D eigenvalue weighted by atomic mass is 10.0. The van der Waals surface area contributed by atoms with E-state index in [-0.39, 0.29) is 37.0 Å². The van der Waals surface area contributed by atoms with Gasteiger partial charge in [-0.1, -0.05) is 0 Å². The van der Waals surface area contributed by atoms with Crippen LogP contribution in [0.4, 0.5) is 13.2 Å². The Bertz CT molecular complexity index is 516. The van der Waals surface area contributed by atoms with Crippen molar-refractivity contribution in [3.63, 3.8) is 0 Å². The molecule has 1 amide bonds.